The summed E-state index contributed by atoms with van der Waals surface area (Å²) in [6.07, 6.45) is 1.91. The molecule has 36 heavy (non-hydrogen) atoms. The number of aliphatic hydroxyl groups is 1. The molecule has 192 valence electrons. The lowest BCUT2D eigenvalue weighted by Gasteiger charge is -2.36. The highest BCUT2D eigenvalue weighted by atomic mass is 32.2. The third-order valence-electron chi connectivity index (χ3n) is 6.06. The van der Waals surface area contributed by atoms with Crippen molar-refractivity contribution >= 4 is 21.4 Å². The van der Waals surface area contributed by atoms with E-state index in [1.807, 2.05) is 48.2 Å². The van der Waals surface area contributed by atoms with Crippen LogP contribution in [0.4, 0.5) is 10.1 Å². The second kappa shape index (κ2) is 12.1. The molecular weight excluding hydrogens is 479 g/mol. The van der Waals surface area contributed by atoms with E-state index in [0.717, 1.165) is 23.8 Å². The first-order valence-corrected chi connectivity index (χ1v) is 13.9. The summed E-state index contributed by atoms with van der Waals surface area (Å²) in [5.41, 5.74) is 3.39. The van der Waals surface area contributed by atoms with Crippen LogP contribution in [0.1, 0.15) is 29.8 Å². The Balaban J connectivity index is 0.00000115. The SMILES string of the molecule is CCO.CCc1ccc(N2CCN(C(=O)c3cc(S(C)(=O)=O)ccc3-c3ccccc3)CC2)c(F)c1. The van der Waals surface area contributed by atoms with Crippen molar-refractivity contribution in [1.82, 2.24) is 4.90 Å². The van der Waals surface area contributed by atoms with Crippen molar-refractivity contribution in [3.05, 3.63) is 83.7 Å². The van der Waals surface area contributed by atoms with Gasteiger partial charge in [-0.2, -0.15) is 0 Å². The number of aryl methyl sites for hydroxylation is 1. The Bertz CT molecular complexity index is 1290. The number of aliphatic hydroxyl groups excluding tert-OH is 1. The number of nitrogens with zero attached hydrogens (tertiary/aromatic N) is 2. The van der Waals surface area contributed by atoms with E-state index in [9.17, 15) is 17.6 Å². The van der Waals surface area contributed by atoms with Crippen LogP contribution in [0, 0.1) is 5.82 Å². The molecule has 0 atom stereocenters. The van der Waals surface area contributed by atoms with Crippen LogP contribution in [-0.2, 0) is 16.3 Å². The number of sulfone groups is 1. The van der Waals surface area contributed by atoms with Crippen LogP contribution in [0.2, 0.25) is 0 Å². The van der Waals surface area contributed by atoms with Crippen LogP contribution in [0.3, 0.4) is 0 Å². The minimum atomic E-state index is -3.46. The first kappa shape index (κ1) is 27.4. The third-order valence-corrected chi connectivity index (χ3v) is 7.17. The average molecular weight is 513 g/mol. The lowest BCUT2D eigenvalue weighted by molar-refractivity contribution is 0.0747. The summed E-state index contributed by atoms with van der Waals surface area (Å²) in [4.78, 5) is 17.3. The Morgan fingerprint density at radius 2 is 1.58 bits per heavy atom. The lowest BCUT2D eigenvalue weighted by Crippen LogP contribution is -2.49. The largest absolute Gasteiger partial charge is 0.397 e. The van der Waals surface area contributed by atoms with Gasteiger partial charge in [-0.3, -0.25) is 4.79 Å². The molecule has 1 amide bonds. The Hall–Kier alpha value is -3.23. The molecule has 1 aliphatic heterocycles. The van der Waals surface area contributed by atoms with Gasteiger partial charge in [0.2, 0.25) is 0 Å². The van der Waals surface area contributed by atoms with Gasteiger partial charge in [-0.05, 0) is 54.3 Å². The van der Waals surface area contributed by atoms with Gasteiger partial charge in [0.15, 0.2) is 9.84 Å². The maximum atomic E-state index is 14.6. The number of amides is 1. The summed E-state index contributed by atoms with van der Waals surface area (Å²) in [5.74, 6) is -0.470. The van der Waals surface area contributed by atoms with Gasteiger partial charge in [0.25, 0.3) is 5.91 Å². The van der Waals surface area contributed by atoms with Gasteiger partial charge in [0.05, 0.1) is 10.6 Å². The predicted molar refractivity (Wildman–Crippen MR) is 142 cm³/mol. The summed E-state index contributed by atoms with van der Waals surface area (Å²) in [6, 6.07) is 19.4. The van der Waals surface area contributed by atoms with Crippen molar-refractivity contribution in [2.75, 3.05) is 43.9 Å². The number of piperazine rings is 1. The Labute approximate surface area is 212 Å². The van der Waals surface area contributed by atoms with Crippen molar-refractivity contribution in [3.63, 3.8) is 0 Å². The molecule has 1 saturated heterocycles. The van der Waals surface area contributed by atoms with Crippen LogP contribution >= 0.6 is 0 Å². The molecule has 0 aliphatic carbocycles. The number of carbonyl (C=O) groups is 1. The van der Waals surface area contributed by atoms with Crippen molar-refractivity contribution in [3.8, 4) is 11.1 Å². The number of halogens is 1. The molecule has 6 nitrogen and oxygen atoms in total. The molecule has 1 aliphatic rings. The zero-order valence-corrected chi connectivity index (χ0v) is 21.8. The number of carbonyl (C=O) groups excluding carboxylic acids is 1. The van der Waals surface area contributed by atoms with Crippen LogP contribution in [0.5, 0.6) is 0 Å². The quantitative estimate of drug-likeness (QED) is 0.548. The van der Waals surface area contributed by atoms with E-state index < -0.39 is 9.84 Å². The first-order chi connectivity index (χ1) is 17.2. The maximum Gasteiger partial charge on any atom is 0.254 e. The molecule has 3 aromatic rings. The monoisotopic (exact) mass is 512 g/mol. The standard InChI is InChI=1S/C26H27FN2O3S.C2H6O/c1-3-19-9-12-25(24(27)17-19)28-13-15-29(16-14-28)26(30)23-18-21(33(2,31)32)10-11-22(23)20-7-5-4-6-8-20;1-2-3/h4-12,17-18H,3,13-16H2,1-2H3;3H,2H2,1H3. The van der Waals surface area contributed by atoms with Crippen molar-refractivity contribution in [2.24, 2.45) is 0 Å². The van der Waals surface area contributed by atoms with E-state index in [-0.39, 0.29) is 23.2 Å². The van der Waals surface area contributed by atoms with Crippen molar-refractivity contribution < 1.29 is 22.7 Å². The average Bonchev–Trinajstić information content (AvgIpc) is 2.88. The van der Waals surface area contributed by atoms with Crippen LogP contribution < -0.4 is 4.90 Å². The zero-order chi connectivity index (χ0) is 26.3. The number of hydrogen-bond acceptors (Lipinski definition) is 5. The van der Waals surface area contributed by atoms with Crippen LogP contribution in [0.15, 0.2) is 71.6 Å². The van der Waals surface area contributed by atoms with Gasteiger partial charge in [0.1, 0.15) is 5.82 Å². The Morgan fingerprint density at radius 1 is 0.944 bits per heavy atom. The number of hydrogen-bond donors (Lipinski definition) is 1. The zero-order valence-electron chi connectivity index (χ0n) is 20.9. The predicted octanol–water partition coefficient (Wildman–Crippen LogP) is 4.42. The highest BCUT2D eigenvalue weighted by Crippen LogP contribution is 2.29. The highest BCUT2D eigenvalue weighted by Gasteiger charge is 2.26. The second-order valence-electron chi connectivity index (χ2n) is 8.58. The van der Waals surface area contributed by atoms with Gasteiger partial charge >= 0.3 is 0 Å². The molecule has 0 spiro atoms. The fraction of sp³-hybridized carbons (Fsp3) is 0.321. The van der Waals surface area contributed by atoms with E-state index in [1.54, 1.807) is 30.0 Å². The lowest BCUT2D eigenvalue weighted by atomic mass is 9.98. The molecule has 0 bridgehead atoms. The Morgan fingerprint density at radius 3 is 2.14 bits per heavy atom. The van der Waals surface area contributed by atoms with Gasteiger partial charge in [-0.25, -0.2) is 12.8 Å². The fourth-order valence-electron chi connectivity index (χ4n) is 4.15. The molecule has 0 aromatic heterocycles. The third kappa shape index (κ3) is 6.50. The van der Waals surface area contributed by atoms with E-state index >= 15 is 0 Å². The first-order valence-electron chi connectivity index (χ1n) is 12.0. The normalized spacial score (nSPS) is 13.7. The summed E-state index contributed by atoms with van der Waals surface area (Å²) >= 11 is 0. The summed E-state index contributed by atoms with van der Waals surface area (Å²) in [5, 5.41) is 7.57. The van der Waals surface area contributed by atoms with Crippen molar-refractivity contribution in [1.29, 1.82) is 0 Å². The molecule has 3 aromatic carbocycles. The van der Waals surface area contributed by atoms with E-state index in [2.05, 4.69) is 0 Å². The molecule has 4 rings (SSSR count). The summed E-state index contributed by atoms with van der Waals surface area (Å²) < 4.78 is 38.8. The van der Waals surface area contributed by atoms with Crippen molar-refractivity contribution in [2.45, 2.75) is 25.2 Å². The molecule has 0 unspecified atom stereocenters. The van der Waals surface area contributed by atoms with E-state index in [0.29, 0.717) is 43.0 Å². The topological polar surface area (TPSA) is 77.9 Å². The molecule has 8 heteroatoms. The van der Waals surface area contributed by atoms with Gasteiger partial charge in [0, 0.05) is 44.6 Å². The minimum absolute atomic E-state index is 0.113. The van der Waals surface area contributed by atoms with Gasteiger partial charge in [-0.15, -0.1) is 0 Å². The fourth-order valence-corrected chi connectivity index (χ4v) is 4.80. The number of anilines is 1. The second-order valence-corrected chi connectivity index (χ2v) is 10.6. The van der Waals surface area contributed by atoms with Crippen LogP contribution in [-0.4, -0.2) is 63.4 Å². The molecule has 0 radical (unpaired) electrons. The molecule has 1 fully saturated rings. The summed E-state index contributed by atoms with van der Waals surface area (Å²) in [6.45, 7) is 5.76. The maximum absolute atomic E-state index is 14.6. The number of benzene rings is 3. The van der Waals surface area contributed by atoms with E-state index in [1.165, 1.54) is 12.1 Å². The number of rotatable bonds is 5. The minimum Gasteiger partial charge on any atom is -0.397 e. The molecule has 1 N–H and O–H groups in total. The van der Waals surface area contributed by atoms with Gasteiger partial charge in [-0.1, -0.05) is 49.4 Å². The Kier molecular flexibility index (Phi) is 9.23. The van der Waals surface area contributed by atoms with Crippen LogP contribution in [0.25, 0.3) is 11.1 Å². The molecular formula is C28H33FN2O4S. The van der Waals surface area contributed by atoms with Gasteiger partial charge < -0.3 is 14.9 Å². The van der Waals surface area contributed by atoms with E-state index in [4.69, 9.17) is 5.11 Å². The molecule has 1 heterocycles. The summed E-state index contributed by atoms with van der Waals surface area (Å²) in [7, 11) is -3.46. The molecule has 0 saturated carbocycles. The smallest absolute Gasteiger partial charge is 0.254 e. The highest BCUT2D eigenvalue weighted by molar-refractivity contribution is 7.90.